The fraction of sp³-hybridized carbons (Fsp3) is 0.154. The molecule has 1 heterocycles. The van der Waals surface area contributed by atoms with Crippen LogP contribution in [0.15, 0.2) is 84.9 Å². The van der Waals surface area contributed by atoms with Crippen LogP contribution in [-0.2, 0) is 0 Å². The van der Waals surface area contributed by atoms with E-state index in [1.165, 1.54) is 21.9 Å². The van der Waals surface area contributed by atoms with E-state index < -0.39 is 0 Å². The molecule has 0 amide bonds. The van der Waals surface area contributed by atoms with Gasteiger partial charge in [-0.15, -0.1) is 0 Å². The van der Waals surface area contributed by atoms with Crippen LogP contribution in [0.2, 0.25) is 10.0 Å². The third-order valence-corrected chi connectivity index (χ3v) is 6.29. The van der Waals surface area contributed by atoms with Gasteiger partial charge in [0.05, 0.1) is 6.04 Å². The topological polar surface area (TPSA) is 12.5 Å². The van der Waals surface area contributed by atoms with Crippen molar-refractivity contribution in [1.29, 1.82) is 0 Å². The number of fused-ring (bicyclic) bond motifs is 3. The Morgan fingerprint density at radius 1 is 0.767 bits per heavy atom. The summed E-state index contributed by atoms with van der Waals surface area (Å²) in [6.07, 6.45) is -0.207. The lowest BCUT2D eigenvalue weighted by molar-refractivity contribution is -0.0149. The van der Waals surface area contributed by atoms with Gasteiger partial charge in [0.25, 0.3) is 0 Å². The number of rotatable bonds is 3. The molecule has 30 heavy (non-hydrogen) atoms. The van der Waals surface area contributed by atoms with Crippen LogP contribution in [0.5, 0.6) is 5.75 Å². The Hall–Kier alpha value is -2.52. The summed E-state index contributed by atoms with van der Waals surface area (Å²) in [7, 11) is 0. The van der Waals surface area contributed by atoms with Crippen molar-refractivity contribution >= 4 is 34.0 Å². The number of ether oxygens (including phenoxy) is 1. The quantitative estimate of drug-likeness (QED) is 0.328. The molecule has 2 unspecified atom stereocenters. The van der Waals surface area contributed by atoms with Gasteiger partial charge in [0, 0.05) is 27.7 Å². The predicted octanol–water partition coefficient (Wildman–Crippen LogP) is 7.65. The van der Waals surface area contributed by atoms with Gasteiger partial charge in [0.2, 0.25) is 0 Å². The molecule has 0 aromatic heterocycles. The van der Waals surface area contributed by atoms with Crippen LogP contribution in [0.4, 0.5) is 0 Å². The van der Waals surface area contributed by atoms with Crippen molar-refractivity contribution in [2.45, 2.75) is 19.2 Å². The maximum atomic E-state index is 6.60. The molecule has 2 nitrogen and oxygen atoms in total. The van der Waals surface area contributed by atoms with Crippen LogP contribution in [0.1, 0.15) is 35.9 Å². The van der Waals surface area contributed by atoms with E-state index in [-0.39, 0.29) is 12.3 Å². The molecule has 4 aromatic rings. The SMILES string of the molecule is CCN1C(c2ccc(Cl)cc2)Oc2ccc3ccccc3c2C1c1ccc(Cl)cc1. The monoisotopic (exact) mass is 433 g/mol. The molecule has 0 bridgehead atoms. The van der Waals surface area contributed by atoms with E-state index in [0.717, 1.165) is 27.9 Å². The van der Waals surface area contributed by atoms with Crippen LogP contribution in [0.3, 0.4) is 0 Å². The van der Waals surface area contributed by atoms with Crippen molar-refractivity contribution in [2.24, 2.45) is 0 Å². The number of nitrogens with zero attached hydrogens (tertiary/aromatic N) is 1. The molecule has 150 valence electrons. The smallest absolute Gasteiger partial charge is 0.179 e. The van der Waals surface area contributed by atoms with E-state index in [1.807, 2.05) is 36.4 Å². The van der Waals surface area contributed by atoms with Gasteiger partial charge in [-0.2, -0.15) is 0 Å². The molecule has 4 aromatic carbocycles. The Labute approximate surface area is 186 Å². The van der Waals surface area contributed by atoms with Gasteiger partial charge in [-0.05, 0) is 46.7 Å². The maximum absolute atomic E-state index is 6.60. The van der Waals surface area contributed by atoms with Gasteiger partial charge in [-0.25, -0.2) is 0 Å². The average molecular weight is 434 g/mol. The fourth-order valence-corrected chi connectivity index (χ4v) is 4.64. The zero-order valence-electron chi connectivity index (χ0n) is 16.6. The maximum Gasteiger partial charge on any atom is 0.179 e. The summed E-state index contributed by atoms with van der Waals surface area (Å²) in [6, 6.07) is 28.8. The zero-order valence-corrected chi connectivity index (χ0v) is 18.1. The van der Waals surface area contributed by atoms with Crippen LogP contribution in [0, 0.1) is 0 Å². The minimum atomic E-state index is -0.207. The summed E-state index contributed by atoms with van der Waals surface area (Å²) in [5, 5.41) is 3.88. The molecule has 2 atom stereocenters. The Bertz CT molecular complexity index is 1190. The lowest BCUT2D eigenvalue weighted by atomic mass is 9.89. The molecule has 1 aliphatic heterocycles. The third-order valence-electron chi connectivity index (χ3n) is 5.78. The molecule has 5 rings (SSSR count). The molecule has 0 N–H and O–H groups in total. The van der Waals surface area contributed by atoms with E-state index in [2.05, 4.69) is 60.4 Å². The van der Waals surface area contributed by atoms with E-state index in [9.17, 15) is 0 Å². The minimum Gasteiger partial charge on any atom is -0.470 e. The summed E-state index contributed by atoms with van der Waals surface area (Å²) in [6.45, 7) is 2.99. The van der Waals surface area contributed by atoms with E-state index in [1.54, 1.807) is 0 Å². The van der Waals surface area contributed by atoms with Crippen molar-refractivity contribution in [1.82, 2.24) is 4.90 Å². The molecule has 4 heteroatoms. The van der Waals surface area contributed by atoms with Crippen molar-refractivity contribution in [3.05, 3.63) is 112 Å². The molecule has 0 aliphatic carbocycles. The van der Waals surface area contributed by atoms with Gasteiger partial charge in [-0.3, -0.25) is 4.90 Å². The van der Waals surface area contributed by atoms with E-state index >= 15 is 0 Å². The molecule has 0 saturated heterocycles. The second-order valence-corrected chi connectivity index (χ2v) is 8.38. The second kappa shape index (κ2) is 7.96. The lowest BCUT2D eigenvalue weighted by Crippen LogP contribution is -2.40. The molecular weight excluding hydrogens is 413 g/mol. The van der Waals surface area contributed by atoms with Gasteiger partial charge >= 0.3 is 0 Å². The Morgan fingerprint density at radius 2 is 1.40 bits per heavy atom. The number of hydrogen-bond donors (Lipinski definition) is 0. The lowest BCUT2D eigenvalue weighted by Gasteiger charge is -2.43. The number of hydrogen-bond acceptors (Lipinski definition) is 2. The van der Waals surface area contributed by atoms with E-state index in [0.29, 0.717) is 0 Å². The zero-order chi connectivity index (χ0) is 20.7. The fourth-order valence-electron chi connectivity index (χ4n) is 4.39. The van der Waals surface area contributed by atoms with Gasteiger partial charge in [0.15, 0.2) is 6.23 Å². The van der Waals surface area contributed by atoms with Gasteiger partial charge in [0.1, 0.15) is 5.75 Å². The molecule has 0 radical (unpaired) electrons. The van der Waals surface area contributed by atoms with Crippen LogP contribution in [-0.4, -0.2) is 11.4 Å². The molecule has 0 saturated carbocycles. The Morgan fingerprint density at radius 3 is 2.07 bits per heavy atom. The third kappa shape index (κ3) is 3.35. The summed E-state index contributed by atoms with van der Waals surface area (Å²) < 4.78 is 6.60. The molecule has 1 aliphatic rings. The highest BCUT2D eigenvalue weighted by Crippen LogP contribution is 2.48. The van der Waals surface area contributed by atoms with Crippen molar-refractivity contribution in [3.8, 4) is 5.75 Å². The number of halogens is 2. The van der Waals surface area contributed by atoms with Gasteiger partial charge in [-0.1, -0.05) is 84.7 Å². The summed E-state index contributed by atoms with van der Waals surface area (Å²) in [5.74, 6) is 0.915. The second-order valence-electron chi connectivity index (χ2n) is 7.50. The minimum absolute atomic E-state index is 0.0443. The molecule has 0 spiro atoms. The van der Waals surface area contributed by atoms with Crippen molar-refractivity contribution in [2.75, 3.05) is 6.54 Å². The summed E-state index contributed by atoms with van der Waals surface area (Å²) in [5.41, 5.74) is 3.47. The number of benzene rings is 4. The Kier molecular flexibility index (Phi) is 5.16. The summed E-state index contributed by atoms with van der Waals surface area (Å²) >= 11 is 12.3. The average Bonchev–Trinajstić information content (AvgIpc) is 2.79. The van der Waals surface area contributed by atoms with Crippen LogP contribution in [0.25, 0.3) is 10.8 Å². The highest BCUT2D eigenvalue weighted by atomic mass is 35.5. The van der Waals surface area contributed by atoms with Crippen molar-refractivity contribution in [3.63, 3.8) is 0 Å². The first-order valence-electron chi connectivity index (χ1n) is 10.1. The van der Waals surface area contributed by atoms with Gasteiger partial charge < -0.3 is 4.74 Å². The summed E-state index contributed by atoms with van der Waals surface area (Å²) in [4.78, 5) is 2.39. The predicted molar refractivity (Wildman–Crippen MR) is 124 cm³/mol. The van der Waals surface area contributed by atoms with Crippen LogP contribution < -0.4 is 4.74 Å². The Balaban J connectivity index is 1.75. The highest BCUT2D eigenvalue weighted by molar-refractivity contribution is 6.30. The molecule has 0 fully saturated rings. The first kappa shape index (κ1) is 19.4. The highest BCUT2D eigenvalue weighted by Gasteiger charge is 2.37. The first-order chi connectivity index (χ1) is 14.7. The van der Waals surface area contributed by atoms with Crippen LogP contribution >= 0.6 is 23.2 Å². The molecular formula is C26H21Cl2NO. The van der Waals surface area contributed by atoms with E-state index in [4.69, 9.17) is 27.9 Å². The standard InChI is InChI=1S/C26H21Cl2NO/c1-2-29-25(18-7-12-20(27)13-8-18)24-22-6-4-3-5-17(22)11-16-23(24)30-26(29)19-9-14-21(28)15-10-19/h3-16,25-26H,2H2,1H3. The first-order valence-corrected chi connectivity index (χ1v) is 10.9. The van der Waals surface area contributed by atoms with Crippen molar-refractivity contribution < 1.29 is 4.74 Å². The normalized spacial score (nSPS) is 18.8. The largest absolute Gasteiger partial charge is 0.470 e.